The van der Waals surface area contributed by atoms with Crippen molar-refractivity contribution in [2.24, 2.45) is 11.3 Å². The molecule has 1 atom stereocenters. The zero-order valence-electron chi connectivity index (χ0n) is 17.1. The molecule has 0 aromatic heterocycles. The van der Waals surface area contributed by atoms with Gasteiger partial charge in [0.15, 0.2) is 0 Å². The number of hydrogen-bond acceptors (Lipinski definition) is 2. The van der Waals surface area contributed by atoms with Crippen LogP contribution in [0.2, 0.25) is 0 Å². The molecule has 4 aliphatic rings. The summed E-state index contributed by atoms with van der Waals surface area (Å²) in [7, 11) is 0. The molecule has 3 nitrogen and oxygen atoms in total. The number of carbonyl (C=O) groups is 1. The molecule has 2 fully saturated rings. The largest absolute Gasteiger partial charge is 0.338 e. The summed E-state index contributed by atoms with van der Waals surface area (Å²) in [4.78, 5) is 18.1. The predicted molar refractivity (Wildman–Crippen MR) is 115 cm³/mol. The van der Waals surface area contributed by atoms with Crippen LogP contribution in [-0.4, -0.2) is 41.4 Å². The molecule has 0 radical (unpaired) electrons. The number of fused-ring (bicyclic) bond motifs is 2. The van der Waals surface area contributed by atoms with Crippen molar-refractivity contribution in [1.82, 2.24) is 9.80 Å². The summed E-state index contributed by atoms with van der Waals surface area (Å²) >= 11 is 0. The lowest BCUT2D eigenvalue weighted by Crippen LogP contribution is -2.44. The molecule has 6 rings (SSSR count). The zero-order chi connectivity index (χ0) is 19.4. The Kier molecular flexibility index (Phi) is 4.09. The van der Waals surface area contributed by atoms with Gasteiger partial charge in [0, 0.05) is 25.0 Å². The van der Waals surface area contributed by atoms with E-state index in [-0.39, 0.29) is 5.92 Å². The van der Waals surface area contributed by atoms with E-state index in [2.05, 4.69) is 58.3 Å². The number of amides is 1. The first-order valence-electron chi connectivity index (χ1n) is 11.4. The van der Waals surface area contributed by atoms with Gasteiger partial charge in [0.2, 0.25) is 5.91 Å². The highest BCUT2D eigenvalue weighted by Crippen LogP contribution is 2.60. The predicted octanol–water partition coefficient (Wildman–Crippen LogP) is 3.84. The van der Waals surface area contributed by atoms with E-state index in [1.54, 1.807) is 11.1 Å². The van der Waals surface area contributed by atoms with Crippen LogP contribution in [-0.2, 0) is 30.6 Å². The first-order valence-corrected chi connectivity index (χ1v) is 11.4. The van der Waals surface area contributed by atoms with E-state index in [1.165, 1.54) is 49.9 Å². The van der Waals surface area contributed by atoms with Crippen LogP contribution in [0, 0.1) is 11.3 Å². The van der Waals surface area contributed by atoms with Gasteiger partial charge in [-0.15, -0.1) is 0 Å². The van der Waals surface area contributed by atoms with Crippen molar-refractivity contribution in [1.29, 1.82) is 0 Å². The number of likely N-dealkylation sites (tertiary alicyclic amines) is 1. The maximum Gasteiger partial charge on any atom is 0.226 e. The first kappa shape index (κ1) is 17.7. The minimum absolute atomic E-state index is 0.288. The van der Waals surface area contributed by atoms with E-state index < -0.39 is 0 Å². The van der Waals surface area contributed by atoms with Crippen LogP contribution in [0.15, 0.2) is 48.5 Å². The van der Waals surface area contributed by atoms with E-state index in [0.717, 1.165) is 25.9 Å². The van der Waals surface area contributed by atoms with Crippen LogP contribution in [0.3, 0.4) is 0 Å². The number of carbonyl (C=O) groups excluding carboxylic acids is 1. The van der Waals surface area contributed by atoms with E-state index in [4.69, 9.17) is 0 Å². The fourth-order valence-electron chi connectivity index (χ4n) is 6.28. The van der Waals surface area contributed by atoms with Crippen LogP contribution in [0.1, 0.15) is 41.5 Å². The highest BCUT2D eigenvalue weighted by atomic mass is 16.2. The molecule has 0 N–H and O–H groups in total. The van der Waals surface area contributed by atoms with Crippen LogP contribution >= 0.6 is 0 Å². The molecule has 2 aliphatic heterocycles. The number of benzene rings is 2. The molecule has 150 valence electrons. The fraction of sp³-hybridized carbons (Fsp3) is 0.500. The number of piperidine rings is 1. The van der Waals surface area contributed by atoms with Gasteiger partial charge in [-0.05, 0) is 79.3 Å². The van der Waals surface area contributed by atoms with E-state index in [0.29, 0.717) is 17.4 Å². The zero-order valence-corrected chi connectivity index (χ0v) is 17.1. The van der Waals surface area contributed by atoms with Gasteiger partial charge in [0.1, 0.15) is 0 Å². The quantitative estimate of drug-likeness (QED) is 0.783. The average Bonchev–Trinajstić information content (AvgIpc) is 3.28. The summed E-state index contributed by atoms with van der Waals surface area (Å²) in [6.07, 6.45) is 6.97. The Bertz CT molecular complexity index is 918. The molecule has 3 heteroatoms. The van der Waals surface area contributed by atoms with E-state index in [1.807, 2.05) is 0 Å². The van der Waals surface area contributed by atoms with E-state index >= 15 is 0 Å². The molecule has 2 heterocycles. The Labute approximate surface area is 173 Å². The molecule has 1 spiro atoms. The van der Waals surface area contributed by atoms with Crippen LogP contribution in [0.4, 0.5) is 0 Å². The molecule has 1 unspecified atom stereocenters. The molecule has 1 saturated carbocycles. The summed E-state index contributed by atoms with van der Waals surface area (Å²) in [6.45, 7) is 4.06. The van der Waals surface area contributed by atoms with Crippen LogP contribution in [0.5, 0.6) is 0 Å². The van der Waals surface area contributed by atoms with Gasteiger partial charge in [0.05, 0.1) is 0 Å². The van der Waals surface area contributed by atoms with Gasteiger partial charge in [0.25, 0.3) is 0 Å². The highest BCUT2D eigenvalue weighted by Gasteiger charge is 2.59. The SMILES string of the molecule is O=C(C1CC12CCN(C1Cc3ccccc3C1)CC2)N1CCc2ccccc2C1. The van der Waals surface area contributed by atoms with Gasteiger partial charge < -0.3 is 4.90 Å². The molecule has 1 amide bonds. The van der Waals surface area contributed by atoms with Crippen molar-refractivity contribution in [3.63, 3.8) is 0 Å². The summed E-state index contributed by atoms with van der Waals surface area (Å²) in [6, 6.07) is 18.2. The minimum Gasteiger partial charge on any atom is -0.338 e. The van der Waals surface area contributed by atoms with Crippen molar-refractivity contribution in [3.05, 3.63) is 70.8 Å². The van der Waals surface area contributed by atoms with Gasteiger partial charge in [-0.25, -0.2) is 0 Å². The monoisotopic (exact) mass is 386 g/mol. The molecular formula is C26H30N2O. The molecular weight excluding hydrogens is 356 g/mol. The van der Waals surface area contributed by atoms with Crippen molar-refractivity contribution < 1.29 is 4.79 Å². The van der Waals surface area contributed by atoms with Gasteiger partial charge in [-0.3, -0.25) is 9.69 Å². The average molecular weight is 387 g/mol. The second-order valence-electron chi connectivity index (χ2n) is 9.76. The van der Waals surface area contributed by atoms with Crippen molar-refractivity contribution in [2.45, 2.75) is 51.1 Å². The Morgan fingerprint density at radius 1 is 0.828 bits per heavy atom. The Balaban J connectivity index is 1.06. The summed E-state index contributed by atoms with van der Waals surface area (Å²) < 4.78 is 0. The third-order valence-electron chi connectivity index (χ3n) is 8.27. The van der Waals surface area contributed by atoms with Gasteiger partial charge >= 0.3 is 0 Å². The lowest BCUT2D eigenvalue weighted by molar-refractivity contribution is -0.134. The second-order valence-corrected chi connectivity index (χ2v) is 9.76. The number of nitrogens with zero attached hydrogens (tertiary/aromatic N) is 2. The smallest absolute Gasteiger partial charge is 0.226 e. The van der Waals surface area contributed by atoms with Crippen molar-refractivity contribution in [2.75, 3.05) is 19.6 Å². The molecule has 29 heavy (non-hydrogen) atoms. The normalized spacial score (nSPS) is 25.7. The lowest BCUT2D eigenvalue weighted by Gasteiger charge is -2.37. The van der Waals surface area contributed by atoms with Crippen molar-refractivity contribution >= 4 is 5.91 Å². The summed E-state index contributed by atoms with van der Waals surface area (Å²) in [5.41, 5.74) is 6.17. The lowest BCUT2D eigenvalue weighted by atomic mass is 9.89. The van der Waals surface area contributed by atoms with Crippen LogP contribution in [0.25, 0.3) is 0 Å². The Morgan fingerprint density at radius 3 is 2.14 bits per heavy atom. The standard InChI is InChI=1S/C26H30N2O/c29-25(28-12-9-19-5-1-4-8-22(19)18-28)24-17-26(24)10-13-27(14-11-26)23-15-20-6-2-3-7-21(20)16-23/h1-8,23-24H,9-18H2. The third-order valence-corrected chi connectivity index (χ3v) is 8.27. The maximum atomic E-state index is 13.2. The Hall–Kier alpha value is -2.13. The van der Waals surface area contributed by atoms with Gasteiger partial charge in [-0.1, -0.05) is 48.5 Å². The third kappa shape index (κ3) is 3.02. The first-order chi connectivity index (χ1) is 14.2. The summed E-state index contributed by atoms with van der Waals surface area (Å²) in [5, 5.41) is 0. The highest BCUT2D eigenvalue weighted by molar-refractivity contribution is 5.83. The van der Waals surface area contributed by atoms with Crippen molar-refractivity contribution in [3.8, 4) is 0 Å². The fourth-order valence-corrected chi connectivity index (χ4v) is 6.28. The van der Waals surface area contributed by atoms with Gasteiger partial charge in [-0.2, -0.15) is 0 Å². The molecule has 2 aliphatic carbocycles. The second kappa shape index (κ2) is 6.70. The number of rotatable bonds is 2. The summed E-state index contributed by atoms with van der Waals surface area (Å²) in [5.74, 6) is 0.719. The number of hydrogen-bond donors (Lipinski definition) is 0. The topological polar surface area (TPSA) is 23.6 Å². The molecule has 2 aromatic rings. The van der Waals surface area contributed by atoms with E-state index in [9.17, 15) is 4.79 Å². The Morgan fingerprint density at radius 2 is 1.45 bits per heavy atom. The van der Waals surface area contributed by atoms with Crippen LogP contribution < -0.4 is 0 Å². The minimum atomic E-state index is 0.288. The molecule has 2 aromatic carbocycles. The maximum absolute atomic E-state index is 13.2. The molecule has 0 bridgehead atoms. The molecule has 1 saturated heterocycles.